The molecule has 1 N–H and O–H groups in total. The van der Waals surface area contributed by atoms with Gasteiger partial charge in [-0.2, -0.15) is 23.5 Å². The molecule has 0 bridgehead atoms. The molecule has 5 heteroatoms. The smallest absolute Gasteiger partial charge is 0.156 e. The highest BCUT2D eigenvalue weighted by Crippen LogP contribution is 2.24. The van der Waals surface area contributed by atoms with Gasteiger partial charge in [-0.3, -0.25) is 4.99 Å². The molecule has 2 saturated heterocycles. The topological polar surface area (TPSA) is 24.4 Å². The van der Waals surface area contributed by atoms with Gasteiger partial charge >= 0.3 is 0 Å². The average molecular weight is 262 g/mol. The first-order valence-corrected chi connectivity index (χ1v) is 8.70. The zero-order valence-electron chi connectivity index (χ0n) is 9.07. The molecular weight excluding hydrogens is 244 g/mol. The molecule has 2 aliphatic heterocycles. The van der Waals surface area contributed by atoms with Crippen molar-refractivity contribution < 1.29 is 0 Å². The number of amidine groups is 1. The van der Waals surface area contributed by atoms with Gasteiger partial charge in [0.15, 0.2) is 5.17 Å². The Bertz CT molecular complexity index is 227. The molecule has 2 aliphatic rings. The van der Waals surface area contributed by atoms with Gasteiger partial charge in [0, 0.05) is 34.3 Å². The van der Waals surface area contributed by atoms with Crippen LogP contribution in [0.1, 0.15) is 13.3 Å². The number of hydrogen-bond donors (Lipinski definition) is 1. The fraction of sp³-hybridized carbons (Fsp3) is 0.900. The molecule has 2 nitrogen and oxygen atoms in total. The Morgan fingerprint density at radius 3 is 3.00 bits per heavy atom. The van der Waals surface area contributed by atoms with Gasteiger partial charge in [-0.1, -0.05) is 18.7 Å². The van der Waals surface area contributed by atoms with Crippen LogP contribution in [-0.4, -0.2) is 46.0 Å². The van der Waals surface area contributed by atoms with Crippen LogP contribution in [0.25, 0.3) is 0 Å². The standard InChI is InChI=1S/C10H18N2S3/c1-2-8-6-15-10(12-8)11-5-9-7-13-3-4-14-9/h8-9H,2-7H2,1H3,(H,11,12). The molecule has 0 aromatic rings. The van der Waals surface area contributed by atoms with Gasteiger partial charge in [-0.15, -0.1) is 0 Å². The minimum Gasteiger partial charge on any atom is -0.361 e. The van der Waals surface area contributed by atoms with Crippen LogP contribution >= 0.6 is 35.3 Å². The maximum Gasteiger partial charge on any atom is 0.156 e. The molecule has 2 heterocycles. The summed E-state index contributed by atoms with van der Waals surface area (Å²) in [4.78, 5) is 4.68. The van der Waals surface area contributed by atoms with Crippen molar-refractivity contribution in [1.82, 2.24) is 5.32 Å². The lowest BCUT2D eigenvalue weighted by atomic mass is 10.3. The van der Waals surface area contributed by atoms with Crippen molar-refractivity contribution in [2.75, 3.05) is 29.6 Å². The highest BCUT2D eigenvalue weighted by Gasteiger charge is 2.19. The third-order valence-corrected chi connectivity index (χ3v) is 6.48. The number of nitrogens with one attached hydrogen (secondary N) is 1. The van der Waals surface area contributed by atoms with E-state index in [4.69, 9.17) is 0 Å². The van der Waals surface area contributed by atoms with E-state index in [0.29, 0.717) is 6.04 Å². The highest BCUT2D eigenvalue weighted by molar-refractivity contribution is 8.14. The minimum atomic E-state index is 0.655. The van der Waals surface area contributed by atoms with E-state index in [1.54, 1.807) is 0 Å². The summed E-state index contributed by atoms with van der Waals surface area (Å²) >= 11 is 6.05. The fourth-order valence-corrected chi connectivity index (χ4v) is 5.25. The van der Waals surface area contributed by atoms with Gasteiger partial charge in [-0.05, 0) is 6.42 Å². The number of nitrogens with zero attached hydrogens (tertiary/aromatic N) is 1. The van der Waals surface area contributed by atoms with Gasteiger partial charge < -0.3 is 5.32 Å². The molecule has 0 saturated carbocycles. The lowest BCUT2D eigenvalue weighted by molar-refractivity contribution is 0.667. The van der Waals surface area contributed by atoms with Crippen molar-refractivity contribution in [3.63, 3.8) is 0 Å². The monoisotopic (exact) mass is 262 g/mol. The first-order chi connectivity index (χ1) is 7.38. The van der Waals surface area contributed by atoms with Crippen molar-refractivity contribution in [1.29, 1.82) is 0 Å². The van der Waals surface area contributed by atoms with Gasteiger partial charge in [0.05, 0.1) is 6.54 Å². The summed E-state index contributed by atoms with van der Waals surface area (Å²) < 4.78 is 0. The summed E-state index contributed by atoms with van der Waals surface area (Å²) in [6.07, 6.45) is 1.21. The summed E-state index contributed by atoms with van der Waals surface area (Å²) in [6, 6.07) is 0.655. The van der Waals surface area contributed by atoms with Crippen LogP contribution in [0.3, 0.4) is 0 Å². The summed E-state index contributed by atoms with van der Waals surface area (Å²) in [5.41, 5.74) is 0. The molecule has 86 valence electrons. The van der Waals surface area contributed by atoms with Crippen molar-refractivity contribution >= 4 is 40.5 Å². The maximum absolute atomic E-state index is 4.68. The molecule has 15 heavy (non-hydrogen) atoms. The second kappa shape index (κ2) is 6.30. The third kappa shape index (κ3) is 3.79. The molecule has 0 aromatic heterocycles. The third-order valence-electron chi connectivity index (χ3n) is 2.57. The lowest BCUT2D eigenvalue weighted by Crippen LogP contribution is -2.27. The van der Waals surface area contributed by atoms with E-state index in [1.165, 1.54) is 34.6 Å². The lowest BCUT2D eigenvalue weighted by Gasteiger charge is -2.19. The summed E-state index contributed by atoms with van der Waals surface area (Å²) in [5.74, 6) is 5.10. The van der Waals surface area contributed by atoms with Crippen LogP contribution in [0, 0.1) is 0 Å². The van der Waals surface area contributed by atoms with E-state index in [9.17, 15) is 0 Å². The van der Waals surface area contributed by atoms with E-state index in [2.05, 4.69) is 40.8 Å². The molecule has 0 amide bonds. The van der Waals surface area contributed by atoms with Crippen molar-refractivity contribution in [3.8, 4) is 0 Å². The van der Waals surface area contributed by atoms with Crippen LogP contribution < -0.4 is 5.32 Å². The van der Waals surface area contributed by atoms with Gasteiger partial charge in [-0.25, -0.2) is 0 Å². The number of rotatable bonds is 3. The first kappa shape index (κ1) is 12.0. The second-order valence-corrected chi connectivity index (χ2v) is 7.34. The Labute approximate surface area is 105 Å². The van der Waals surface area contributed by atoms with E-state index in [0.717, 1.165) is 11.8 Å². The van der Waals surface area contributed by atoms with Crippen molar-refractivity contribution in [3.05, 3.63) is 0 Å². The Morgan fingerprint density at radius 2 is 2.33 bits per heavy atom. The maximum atomic E-state index is 4.68. The largest absolute Gasteiger partial charge is 0.361 e. The quantitative estimate of drug-likeness (QED) is 0.843. The molecule has 0 aromatic carbocycles. The second-order valence-electron chi connectivity index (χ2n) is 3.77. The molecule has 2 rings (SSSR count). The van der Waals surface area contributed by atoms with Gasteiger partial charge in [0.2, 0.25) is 0 Å². The number of hydrogen-bond acceptors (Lipinski definition) is 4. The molecule has 0 aliphatic carbocycles. The fourth-order valence-electron chi connectivity index (χ4n) is 1.58. The van der Waals surface area contributed by atoms with Crippen LogP contribution in [0.5, 0.6) is 0 Å². The van der Waals surface area contributed by atoms with Crippen LogP contribution in [0.15, 0.2) is 4.99 Å². The first-order valence-electron chi connectivity index (χ1n) is 5.51. The summed E-state index contributed by atoms with van der Waals surface area (Å²) in [5, 5.41) is 5.41. The molecule has 2 fully saturated rings. The molecule has 2 atom stereocenters. The van der Waals surface area contributed by atoms with E-state index >= 15 is 0 Å². The van der Waals surface area contributed by atoms with E-state index in [1.807, 2.05) is 11.8 Å². The minimum absolute atomic E-state index is 0.655. The summed E-state index contributed by atoms with van der Waals surface area (Å²) in [7, 11) is 0. The Kier molecular flexibility index (Phi) is 5.04. The Hall–Kier alpha value is 0.520. The van der Waals surface area contributed by atoms with Crippen LogP contribution in [-0.2, 0) is 0 Å². The van der Waals surface area contributed by atoms with Crippen LogP contribution in [0.2, 0.25) is 0 Å². The molecular formula is C10H18N2S3. The Morgan fingerprint density at radius 1 is 1.40 bits per heavy atom. The Balaban J connectivity index is 1.73. The zero-order chi connectivity index (χ0) is 10.5. The van der Waals surface area contributed by atoms with Crippen molar-refractivity contribution in [2.24, 2.45) is 4.99 Å². The predicted molar refractivity (Wildman–Crippen MR) is 75.5 cm³/mol. The van der Waals surface area contributed by atoms with E-state index in [-0.39, 0.29) is 0 Å². The molecule has 0 radical (unpaired) electrons. The van der Waals surface area contributed by atoms with Gasteiger partial charge in [0.25, 0.3) is 0 Å². The predicted octanol–water partition coefficient (Wildman–Crippen LogP) is 2.31. The molecule has 2 unspecified atom stereocenters. The van der Waals surface area contributed by atoms with E-state index < -0.39 is 0 Å². The SMILES string of the molecule is CCC1CSC(=NCC2CSCCS2)N1. The van der Waals surface area contributed by atoms with Gasteiger partial charge in [0.1, 0.15) is 0 Å². The number of thioether (sulfide) groups is 3. The van der Waals surface area contributed by atoms with Crippen molar-refractivity contribution in [2.45, 2.75) is 24.6 Å². The normalized spacial score (nSPS) is 34.3. The average Bonchev–Trinajstić information content (AvgIpc) is 2.76. The number of aliphatic imine (C=N–C) groups is 1. The molecule has 0 spiro atoms. The summed E-state index contributed by atoms with van der Waals surface area (Å²) in [6.45, 7) is 3.23. The van der Waals surface area contributed by atoms with Crippen LogP contribution in [0.4, 0.5) is 0 Å². The zero-order valence-corrected chi connectivity index (χ0v) is 11.5. The highest BCUT2D eigenvalue weighted by atomic mass is 32.2.